The van der Waals surface area contributed by atoms with Crippen molar-refractivity contribution >= 4 is 23.2 Å². The Kier molecular flexibility index (Phi) is 7.45. The van der Waals surface area contributed by atoms with Crippen LogP contribution in [0.1, 0.15) is 39.2 Å². The van der Waals surface area contributed by atoms with Crippen molar-refractivity contribution < 1.29 is 4.74 Å². The van der Waals surface area contributed by atoms with Gasteiger partial charge < -0.3 is 10.1 Å². The fraction of sp³-hybridized carbons (Fsp3) is 0.478. The van der Waals surface area contributed by atoms with Gasteiger partial charge in [-0.2, -0.15) is 5.10 Å². The van der Waals surface area contributed by atoms with Crippen LogP contribution in [-0.4, -0.2) is 34.0 Å². The van der Waals surface area contributed by atoms with Crippen LogP contribution in [0.5, 0.6) is 0 Å². The minimum Gasteiger partial charge on any atom is -0.364 e. The summed E-state index contributed by atoms with van der Waals surface area (Å²) in [6, 6.07) is 5.54. The predicted molar refractivity (Wildman–Crippen MR) is 120 cm³/mol. The minimum absolute atomic E-state index is 0.0316. The first-order valence-corrected chi connectivity index (χ1v) is 10.7. The molecule has 1 aliphatic rings. The van der Waals surface area contributed by atoms with Crippen LogP contribution < -0.4 is 5.32 Å². The maximum absolute atomic E-state index is 6.55. The molecule has 0 aliphatic carbocycles. The first-order valence-electron chi connectivity index (χ1n) is 9.94. The first kappa shape index (κ1) is 22.7. The second kappa shape index (κ2) is 9.86. The van der Waals surface area contributed by atoms with Gasteiger partial charge in [-0.05, 0) is 57.6 Å². The molecule has 0 amide bonds. The van der Waals surface area contributed by atoms with Gasteiger partial charge in [-0.15, -0.1) is 0 Å². The van der Waals surface area contributed by atoms with Gasteiger partial charge >= 0.3 is 0 Å². The molecule has 1 aliphatic heterocycles. The van der Waals surface area contributed by atoms with Crippen LogP contribution in [-0.2, 0) is 16.9 Å². The fourth-order valence-corrected chi connectivity index (χ4v) is 3.99. The van der Waals surface area contributed by atoms with Crippen LogP contribution in [0.15, 0.2) is 30.9 Å². The molecule has 2 aromatic rings. The Hall–Kier alpha value is -2.02. The number of nitrogens with zero attached hydrogens (tertiary/aromatic N) is 3. The zero-order valence-corrected chi connectivity index (χ0v) is 19.0. The Morgan fingerprint density at radius 2 is 2.13 bits per heavy atom. The summed E-state index contributed by atoms with van der Waals surface area (Å²) in [6.07, 6.45) is 4.98. The molecule has 0 bridgehead atoms. The quantitative estimate of drug-likeness (QED) is 0.532. The summed E-state index contributed by atoms with van der Waals surface area (Å²) in [7, 11) is 0. The van der Waals surface area contributed by atoms with E-state index in [4.69, 9.17) is 27.9 Å². The lowest BCUT2D eigenvalue weighted by Gasteiger charge is -2.31. The molecule has 1 fully saturated rings. The van der Waals surface area contributed by atoms with Gasteiger partial charge in [0.15, 0.2) is 0 Å². The molecular formula is C23H26Cl2N4O. The predicted octanol–water partition coefficient (Wildman–Crippen LogP) is 4.30. The molecule has 1 N–H and O–H groups in total. The van der Waals surface area contributed by atoms with Gasteiger partial charge in [-0.3, -0.25) is 0 Å². The lowest BCUT2D eigenvalue weighted by molar-refractivity contribution is -0.0577. The summed E-state index contributed by atoms with van der Waals surface area (Å²) in [6.45, 7) is 8.00. The van der Waals surface area contributed by atoms with E-state index in [1.807, 2.05) is 12.1 Å². The molecule has 5 nitrogen and oxygen atoms in total. The number of halogens is 2. The fourth-order valence-electron chi connectivity index (χ4n) is 3.41. The summed E-state index contributed by atoms with van der Waals surface area (Å²) in [5.74, 6) is 11.9. The number of aromatic nitrogens is 3. The average molecular weight is 445 g/mol. The maximum atomic E-state index is 6.55. The van der Waals surface area contributed by atoms with E-state index < -0.39 is 5.60 Å². The number of hydrogen-bond donors (Lipinski definition) is 1. The van der Waals surface area contributed by atoms with Crippen molar-refractivity contribution in [3.8, 4) is 23.7 Å². The number of nitrogens with one attached hydrogen (secondary N) is 1. The largest absolute Gasteiger partial charge is 0.364 e. The number of rotatable bonds is 6. The van der Waals surface area contributed by atoms with Crippen LogP contribution in [0.2, 0.25) is 10.0 Å². The van der Waals surface area contributed by atoms with Gasteiger partial charge in [0.1, 0.15) is 18.3 Å². The summed E-state index contributed by atoms with van der Waals surface area (Å²) >= 11 is 12.6. The summed E-state index contributed by atoms with van der Waals surface area (Å²) in [5, 5.41) is 8.79. The molecule has 0 saturated carbocycles. The van der Waals surface area contributed by atoms with E-state index in [0.29, 0.717) is 29.7 Å². The Morgan fingerprint density at radius 1 is 1.30 bits per heavy atom. The summed E-state index contributed by atoms with van der Waals surface area (Å²) < 4.78 is 8.32. The van der Waals surface area contributed by atoms with Crippen LogP contribution in [0.4, 0.5) is 0 Å². The van der Waals surface area contributed by atoms with E-state index in [1.165, 1.54) is 6.33 Å². The van der Waals surface area contributed by atoms with Crippen molar-refractivity contribution in [3.63, 3.8) is 0 Å². The van der Waals surface area contributed by atoms with Crippen molar-refractivity contribution in [3.05, 3.63) is 46.5 Å². The van der Waals surface area contributed by atoms with Gasteiger partial charge in [0.25, 0.3) is 0 Å². The Morgan fingerprint density at radius 3 is 2.83 bits per heavy atom. The molecule has 30 heavy (non-hydrogen) atoms. The number of benzene rings is 1. The number of ether oxygens (including phenoxy) is 1. The highest BCUT2D eigenvalue weighted by Crippen LogP contribution is 2.44. The van der Waals surface area contributed by atoms with E-state index >= 15 is 0 Å². The standard InChI is InChI=1S/C23H26Cl2N4O/c1-22(2,3)10-5-4-6-12-26-14-19-9-11-23(30-19,15-29-17-27-16-28-29)20-8-7-18(24)13-21(20)25/h7-8,13,16-17,19,26H,9,11-12,14-15H2,1-3H3. The molecule has 2 heterocycles. The van der Waals surface area contributed by atoms with Crippen LogP contribution in [0.25, 0.3) is 0 Å². The summed E-state index contributed by atoms with van der Waals surface area (Å²) in [4.78, 5) is 4.05. The van der Waals surface area contributed by atoms with Gasteiger partial charge in [-0.25, -0.2) is 9.67 Å². The Labute approximate surface area is 188 Å². The van der Waals surface area contributed by atoms with E-state index in [1.54, 1.807) is 17.1 Å². The Bertz CT molecular complexity index is 977. The lowest BCUT2D eigenvalue weighted by atomic mass is 9.90. The monoisotopic (exact) mass is 444 g/mol. The molecule has 1 saturated heterocycles. The Balaban J connectivity index is 1.65. The van der Waals surface area contributed by atoms with Crippen molar-refractivity contribution in [1.82, 2.24) is 20.1 Å². The van der Waals surface area contributed by atoms with Gasteiger partial charge in [0.2, 0.25) is 0 Å². The summed E-state index contributed by atoms with van der Waals surface area (Å²) in [5.41, 5.74) is 0.311. The maximum Gasteiger partial charge on any atom is 0.137 e. The zero-order valence-electron chi connectivity index (χ0n) is 17.5. The molecule has 0 spiro atoms. The van der Waals surface area contributed by atoms with Crippen molar-refractivity contribution in [2.75, 3.05) is 13.1 Å². The highest BCUT2D eigenvalue weighted by atomic mass is 35.5. The molecule has 1 aromatic heterocycles. The third-order valence-corrected chi connectivity index (χ3v) is 5.29. The van der Waals surface area contributed by atoms with Gasteiger partial charge in [0.05, 0.1) is 19.2 Å². The van der Waals surface area contributed by atoms with Crippen LogP contribution in [0, 0.1) is 29.1 Å². The van der Waals surface area contributed by atoms with Crippen molar-refractivity contribution in [1.29, 1.82) is 0 Å². The van der Waals surface area contributed by atoms with E-state index in [2.05, 4.69) is 59.9 Å². The van der Waals surface area contributed by atoms with Crippen molar-refractivity contribution in [2.45, 2.75) is 51.9 Å². The highest BCUT2D eigenvalue weighted by molar-refractivity contribution is 6.35. The molecule has 3 rings (SSSR count). The normalized spacial score (nSPS) is 20.9. The molecule has 2 unspecified atom stereocenters. The second-order valence-electron chi connectivity index (χ2n) is 8.42. The van der Waals surface area contributed by atoms with E-state index in [0.717, 1.165) is 18.4 Å². The third kappa shape index (κ3) is 6.24. The molecule has 7 heteroatoms. The molecular weight excluding hydrogens is 419 g/mol. The molecule has 1 aromatic carbocycles. The lowest BCUT2D eigenvalue weighted by Crippen LogP contribution is -2.35. The second-order valence-corrected chi connectivity index (χ2v) is 9.27. The molecule has 0 radical (unpaired) electrons. The SMILES string of the molecule is CC(C)(C)C#CC#CCNCC1CCC(Cn2cncn2)(c2ccc(Cl)cc2Cl)O1. The van der Waals surface area contributed by atoms with E-state index in [-0.39, 0.29) is 11.5 Å². The number of hydrogen-bond acceptors (Lipinski definition) is 4. The smallest absolute Gasteiger partial charge is 0.137 e. The van der Waals surface area contributed by atoms with Crippen LogP contribution >= 0.6 is 23.2 Å². The topological polar surface area (TPSA) is 52.0 Å². The minimum atomic E-state index is -0.578. The molecule has 2 atom stereocenters. The highest BCUT2D eigenvalue weighted by Gasteiger charge is 2.43. The van der Waals surface area contributed by atoms with Crippen LogP contribution in [0.3, 0.4) is 0 Å². The zero-order chi connectivity index (χ0) is 21.6. The first-order chi connectivity index (χ1) is 14.3. The average Bonchev–Trinajstić information content (AvgIpc) is 3.31. The van der Waals surface area contributed by atoms with Gasteiger partial charge in [-0.1, -0.05) is 41.1 Å². The molecule has 158 valence electrons. The van der Waals surface area contributed by atoms with Gasteiger partial charge in [0, 0.05) is 27.6 Å². The van der Waals surface area contributed by atoms with Crippen molar-refractivity contribution in [2.24, 2.45) is 5.41 Å². The third-order valence-electron chi connectivity index (χ3n) is 4.74. The van der Waals surface area contributed by atoms with E-state index in [9.17, 15) is 0 Å².